The van der Waals surface area contributed by atoms with Crippen LogP contribution in [0.4, 0.5) is 5.82 Å². The Morgan fingerprint density at radius 1 is 1.24 bits per heavy atom. The van der Waals surface area contributed by atoms with Gasteiger partial charge < -0.3 is 15.0 Å². The summed E-state index contributed by atoms with van der Waals surface area (Å²) in [7, 11) is 1.75. The molecule has 3 heterocycles. The van der Waals surface area contributed by atoms with Gasteiger partial charge in [-0.2, -0.15) is 5.10 Å². The van der Waals surface area contributed by atoms with Crippen LogP contribution in [0.15, 0.2) is 41.3 Å². The van der Waals surface area contributed by atoms with Crippen LogP contribution >= 0.6 is 23.2 Å². The van der Waals surface area contributed by atoms with Crippen LogP contribution in [0.25, 0.3) is 27.4 Å². The Labute approximate surface area is 175 Å². The summed E-state index contributed by atoms with van der Waals surface area (Å²) in [5.41, 5.74) is 1.86. The SMILES string of the molecule is CCOC(=O)c1nn2c(NC)ccc(-c3ccc4c(=O)[nH]cc(Cl)c4c3)c2c1Cl. The van der Waals surface area contributed by atoms with Gasteiger partial charge in [0.2, 0.25) is 0 Å². The molecule has 0 saturated heterocycles. The van der Waals surface area contributed by atoms with Gasteiger partial charge in [-0.15, -0.1) is 0 Å². The van der Waals surface area contributed by atoms with E-state index in [1.165, 1.54) is 6.20 Å². The number of rotatable bonds is 4. The average molecular weight is 431 g/mol. The number of hydrogen-bond donors (Lipinski definition) is 2. The number of aromatic amines is 1. The van der Waals surface area contributed by atoms with E-state index in [2.05, 4.69) is 15.4 Å². The third kappa shape index (κ3) is 3.12. The lowest BCUT2D eigenvalue weighted by Gasteiger charge is -2.10. The maximum atomic E-state index is 12.3. The number of ether oxygens (including phenoxy) is 1. The van der Waals surface area contributed by atoms with Gasteiger partial charge in [0.15, 0.2) is 5.69 Å². The van der Waals surface area contributed by atoms with Crippen LogP contribution in [0.3, 0.4) is 0 Å². The standard InChI is InChI=1S/C20H16Cl2N4O3/c1-3-29-20(28)17-16(22)18-11(6-7-15(23-2)26(18)25-17)10-4-5-12-13(8-10)14(21)9-24-19(12)27/h4-9,23H,3H2,1-2H3,(H,24,27). The second-order valence-corrected chi connectivity index (χ2v) is 7.04. The summed E-state index contributed by atoms with van der Waals surface area (Å²) in [5, 5.41) is 9.09. The Morgan fingerprint density at radius 3 is 2.76 bits per heavy atom. The summed E-state index contributed by atoms with van der Waals surface area (Å²) < 4.78 is 6.63. The van der Waals surface area contributed by atoms with Crippen molar-refractivity contribution in [1.29, 1.82) is 0 Å². The lowest BCUT2D eigenvalue weighted by Crippen LogP contribution is -2.06. The fourth-order valence-electron chi connectivity index (χ4n) is 3.26. The molecule has 0 amide bonds. The van der Waals surface area contributed by atoms with Gasteiger partial charge in [0.1, 0.15) is 10.8 Å². The van der Waals surface area contributed by atoms with Crippen molar-refractivity contribution in [2.45, 2.75) is 6.92 Å². The molecule has 0 aliphatic rings. The van der Waals surface area contributed by atoms with Crippen LogP contribution in [0.2, 0.25) is 10.0 Å². The number of carbonyl (C=O) groups is 1. The smallest absolute Gasteiger partial charge is 0.360 e. The van der Waals surface area contributed by atoms with Crippen molar-refractivity contribution >= 4 is 51.3 Å². The Bertz CT molecular complexity index is 1330. The number of nitrogens with zero attached hydrogens (tertiary/aromatic N) is 2. The molecule has 0 aliphatic heterocycles. The Kier molecular flexibility index (Phi) is 4.94. The highest BCUT2D eigenvalue weighted by molar-refractivity contribution is 6.37. The zero-order chi connectivity index (χ0) is 20.7. The third-order valence-electron chi connectivity index (χ3n) is 4.61. The van der Waals surface area contributed by atoms with Gasteiger partial charge in [0.05, 0.1) is 17.1 Å². The van der Waals surface area contributed by atoms with Gasteiger partial charge in [-0.3, -0.25) is 4.79 Å². The van der Waals surface area contributed by atoms with Crippen molar-refractivity contribution in [3.05, 3.63) is 62.6 Å². The van der Waals surface area contributed by atoms with E-state index in [0.29, 0.717) is 27.1 Å². The molecule has 2 N–H and O–H groups in total. The first kappa shape index (κ1) is 19.3. The van der Waals surface area contributed by atoms with E-state index in [1.807, 2.05) is 18.2 Å². The largest absolute Gasteiger partial charge is 0.461 e. The van der Waals surface area contributed by atoms with E-state index in [0.717, 1.165) is 11.1 Å². The second kappa shape index (κ2) is 7.42. The van der Waals surface area contributed by atoms with E-state index in [4.69, 9.17) is 27.9 Å². The molecular formula is C20H16Cl2N4O3. The normalized spacial score (nSPS) is 11.2. The van der Waals surface area contributed by atoms with Gasteiger partial charge in [-0.25, -0.2) is 9.31 Å². The maximum Gasteiger partial charge on any atom is 0.360 e. The minimum Gasteiger partial charge on any atom is -0.461 e. The number of pyridine rings is 2. The molecule has 4 rings (SSSR count). The number of halogens is 2. The fourth-order valence-corrected chi connectivity index (χ4v) is 3.77. The number of fused-ring (bicyclic) bond motifs is 2. The monoisotopic (exact) mass is 430 g/mol. The van der Waals surface area contributed by atoms with E-state index in [-0.39, 0.29) is 22.9 Å². The molecule has 1 aromatic carbocycles. The summed E-state index contributed by atoms with van der Waals surface area (Å²) in [6, 6.07) is 9.01. The molecule has 0 atom stereocenters. The summed E-state index contributed by atoms with van der Waals surface area (Å²) in [6.45, 7) is 1.93. The molecule has 148 valence electrons. The van der Waals surface area contributed by atoms with Gasteiger partial charge in [0.25, 0.3) is 5.56 Å². The lowest BCUT2D eigenvalue weighted by atomic mass is 10.0. The molecule has 0 radical (unpaired) electrons. The third-order valence-corrected chi connectivity index (χ3v) is 5.28. The molecule has 9 heteroatoms. The fraction of sp³-hybridized carbons (Fsp3) is 0.150. The molecule has 0 fully saturated rings. The number of H-pyrrole nitrogens is 1. The minimum atomic E-state index is -0.595. The van der Waals surface area contributed by atoms with Crippen LogP contribution in [0.5, 0.6) is 0 Å². The van der Waals surface area contributed by atoms with Crippen molar-refractivity contribution < 1.29 is 9.53 Å². The molecule has 7 nitrogen and oxygen atoms in total. The second-order valence-electron chi connectivity index (χ2n) is 6.25. The van der Waals surface area contributed by atoms with E-state index in [1.54, 1.807) is 30.6 Å². The zero-order valence-corrected chi connectivity index (χ0v) is 17.1. The van der Waals surface area contributed by atoms with Crippen LogP contribution in [0, 0.1) is 0 Å². The van der Waals surface area contributed by atoms with Crippen molar-refractivity contribution in [1.82, 2.24) is 14.6 Å². The van der Waals surface area contributed by atoms with Gasteiger partial charge in [-0.05, 0) is 36.8 Å². The molecular weight excluding hydrogens is 415 g/mol. The molecule has 0 spiro atoms. The number of carbonyl (C=O) groups excluding carboxylic acids is 1. The molecule has 29 heavy (non-hydrogen) atoms. The number of anilines is 1. The molecule has 0 saturated carbocycles. The summed E-state index contributed by atoms with van der Waals surface area (Å²) in [4.78, 5) is 26.9. The Morgan fingerprint density at radius 2 is 2.03 bits per heavy atom. The quantitative estimate of drug-likeness (QED) is 0.469. The maximum absolute atomic E-state index is 12.3. The first-order valence-corrected chi connectivity index (χ1v) is 9.59. The van der Waals surface area contributed by atoms with E-state index >= 15 is 0 Å². The topological polar surface area (TPSA) is 88.5 Å². The summed E-state index contributed by atoms with van der Waals surface area (Å²) >= 11 is 12.8. The first-order valence-electron chi connectivity index (χ1n) is 8.83. The highest BCUT2D eigenvalue weighted by Gasteiger charge is 2.23. The number of aromatic nitrogens is 3. The molecule has 0 bridgehead atoms. The highest BCUT2D eigenvalue weighted by Crippen LogP contribution is 2.36. The number of nitrogens with one attached hydrogen (secondary N) is 2. The van der Waals surface area contributed by atoms with Crippen molar-refractivity contribution in [3.8, 4) is 11.1 Å². The molecule has 0 aliphatic carbocycles. The van der Waals surface area contributed by atoms with Gasteiger partial charge in [-0.1, -0.05) is 29.3 Å². The van der Waals surface area contributed by atoms with Gasteiger partial charge >= 0.3 is 5.97 Å². The van der Waals surface area contributed by atoms with Crippen molar-refractivity contribution in [2.24, 2.45) is 0 Å². The predicted molar refractivity (Wildman–Crippen MR) is 114 cm³/mol. The first-order chi connectivity index (χ1) is 14.0. The lowest BCUT2D eigenvalue weighted by molar-refractivity contribution is 0.0519. The van der Waals surface area contributed by atoms with E-state index in [9.17, 15) is 9.59 Å². The van der Waals surface area contributed by atoms with E-state index < -0.39 is 5.97 Å². The van der Waals surface area contributed by atoms with Crippen LogP contribution < -0.4 is 10.9 Å². The van der Waals surface area contributed by atoms with Crippen LogP contribution in [-0.4, -0.2) is 34.2 Å². The van der Waals surface area contributed by atoms with Crippen molar-refractivity contribution in [3.63, 3.8) is 0 Å². The predicted octanol–water partition coefficient (Wildman–Crippen LogP) is 4.37. The highest BCUT2D eigenvalue weighted by atomic mass is 35.5. The Hall–Kier alpha value is -3.03. The minimum absolute atomic E-state index is 0.0349. The van der Waals surface area contributed by atoms with Crippen LogP contribution in [-0.2, 0) is 4.74 Å². The Balaban J connectivity index is 2.02. The number of hydrogen-bond acceptors (Lipinski definition) is 5. The number of benzene rings is 1. The molecule has 4 aromatic rings. The zero-order valence-electron chi connectivity index (χ0n) is 15.5. The number of esters is 1. The average Bonchev–Trinajstić information content (AvgIpc) is 3.08. The van der Waals surface area contributed by atoms with Crippen molar-refractivity contribution in [2.75, 3.05) is 19.0 Å². The summed E-state index contributed by atoms with van der Waals surface area (Å²) in [5.74, 6) is 0.0544. The van der Waals surface area contributed by atoms with Crippen LogP contribution in [0.1, 0.15) is 17.4 Å². The van der Waals surface area contributed by atoms with Gasteiger partial charge in [0, 0.05) is 29.6 Å². The molecule has 3 aromatic heterocycles. The summed E-state index contributed by atoms with van der Waals surface area (Å²) in [6.07, 6.45) is 1.46. The molecule has 0 unspecified atom stereocenters.